The molecule has 0 aliphatic carbocycles. The minimum Gasteiger partial charge on any atom is -0.497 e. The molecule has 4 rings (SSSR count). The van der Waals surface area contributed by atoms with E-state index in [9.17, 15) is 13.2 Å². The van der Waals surface area contributed by atoms with Crippen molar-refractivity contribution in [2.45, 2.75) is 17.9 Å². The van der Waals surface area contributed by atoms with E-state index in [4.69, 9.17) is 14.2 Å². The molecule has 1 heterocycles. The molecule has 3 aromatic rings. The zero-order valence-corrected chi connectivity index (χ0v) is 22.4. The van der Waals surface area contributed by atoms with E-state index in [0.29, 0.717) is 43.4 Å². The Balaban J connectivity index is 1.39. The summed E-state index contributed by atoms with van der Waals surface area (Å²) in [6, 6.07) is 20.4. The number of nitrogens with one attached hydrogen (secondary N) is 2. The molecule has 1 amide bonds. The smallest absolute Gasteiger partial charge is 0.261 e. The Kier molecular flexibility index (Phi) is 9.22. The lowest BCUT2D eigenvalue weighted by Gasteiger charge is -2.35. The van der Waals surface area contributed by atoms with Crippen molar-refractivity contribution in [2.75, 3.05) is 51.3 Å². The number of ether oxygens (including phenoxy) is 3. The minimum absolute atomic E-state index is 0.0195. The summed E-state index contributed by atoms with van der Waals surface area (Å²) in [6.07, 6.45) is 0. The summed E-state index contributed by atoms with van der Waals surface area (Å²) < 4.78 is 44.2. The van der Waals surface area contributed by atoms with Gasteiger partial charge in [0.05, 0.1) is 37.9 Å². The summed E-state index contributed by atoms with van der Waals surface area (Å²) in [4.78, 5) is 15.4. The van der Waals surface area contributed by atoms with Gasteiger partial charge in [-0.3, -0.25) is 14.4 Å². The molecule has 202 valence electrons. The van der Waals surface area contributed by atoms with Crippen LogP contribution in [0.5, 0.6) is 11.5 Å². The second-order valence-electron chi connectivity index (χ2n) is 8.73. The van der Waals surface area contributed by atoms with Crippen LogP contribution >= 0.6 is 0 Å². The summed E-state index contributed by atoms with van der Waals surface area (Å²) in [7, 11) is -2.15. The molecule has 0 saturated carbocycles. The molecule has 9 nitrogen and oxygen atoms in total. The number of benzene rings is 3. The first kappa shape index (κ1) is 27.4. The topological polar surface area (TPSA) is 106 Å². The number of hydrogen-bond acceptors (Lipinski definition) is 7. The molecule has 1 aliphatic heterocycles. The van der Waals surface area contributed by atoms with Crippen molar-refractivity contribution in [1.29, 1.82) is 0 Å². The van der Waals surface area contributed by atoms with Gasteiger partial charge in [0, 0.05) is 30.9 Å². The molecule has 1 aliphatic rings. The quantitative estimate of drug-likeness (QED) is 0.383. The second kappa shape index (κ2) is 12.8. The standard InChI is InChI=1S/C28H33N3O6S/c1-3-37-25-12-14-26(15-13-25)38(33,34)30-23-8-4-22(5-9-23)28(32)29-20-27(31-16-18-36-19-17-31)21-6-10-24(35-2)11-7-21/h4-15,27,30H,3,16-20H2,1-2H3,(H,29,32)/t27-/m0/s1. The van der Waals surface area contributed by atoms with Crippen molar-refractivity contribution in [3.05, 3.63) is 83.9 Å². The van der Waals surface area contributed by atoms with Crippen LogP contribution < -0.4 is 19.5 Å². The van der Waals surface area contributed by atoms with E-state index >= 15 is 0 Å². The number of rotatable bonds is 11. The fourth-order valence-corrected chi connectivity index (χ4v) is 5.31. The maximum Gasteiger partial charge on any atom is 0.261 e. The van der Waals surface area contributed by atoms with Crippen LogP contribution in [0.3, 0.4) is 0 Å². The number of hydrogen-bond donors (Lipinski definition) is 2. The average molecular weight is 540 g/mol. The van der Waals surface area contributed by atoms with Crippen molar-refractivity contribution in [3.8, 4) is 11.5 Å². The Hall–Kier alpha value is -3.60. The van der Waals surface area contributed by atoms with Crippen LogP contribution in [0.4, 0.5) is 5.69 Å². The molecule has 2 N–H and O–H groups in total. The monoisotopic (exact) mass is 539 g/mol. The number of anilines is 1. The SMILES string of the molecule is CCOc1ccc(S(=O)(=O)Nc2ccc(C(=O)NC[C@@H](c3ccc(OC)cc3)N3CCOCC3)cc2)cc1. The first-order valence-corrected chi connectivity index (χ1v) is 14.0. The van der Waals surface area contributed by atoms with Gasteiger partial charge in [-0.05, 0) is 73.2 Å². The molecule has 0 unspecified atom stereocenters. The first-order valence-electron chi connectivity index (χ1n) is 12.5. The summed E-state index contributed by atoms with van der Waals surface area (Å²) >= 11 is 0. The molecule has 1 atom stereocenters. The van der Waals surface area contributed by atoms with Crippen LogP contribution in [0.15, 0.2) is 77.7 Å². The van der Waals surface area contributed by atoms with E-state index in [1.54, 1.807) is 43.5 Å². The van der Waals surface area contributed by atoms with Gasteiger partial charge in [0.15, 0.2) is 0 Å². The minimum atomic E-state index is -3.78. The third kappa shape index (κ3) is 7.03. The second-order valence-corrected chi connectivity index (χ2v) is 10.4. The number of methoxy groups -OCH3 is 1. The number of morpholine rings is 1. The van der Waals surface area contributed by atoms with Crippen LogP contribution in [0, 0.1) is 0 Å². The highest BCUT2D eigenvalue weighted by atomic mass is 32.2. The zero-order chi connectivity index (χ0) is 27.0. The van der Waals surface area contributed by atoms with Gasteiger partial charge in [0.2, 0.25) is 0 Å². The largest absolute Gasteiger partial charge is 0.497 e. The van der Waals surface area contributed by atoms with E-state index in [1.165, 1.54) is 12.1 Å². The van der Waals surface area contributed by atoms with Gasteiger partial charge in [-0.1, -0.05) is 12.1 Å². The summed E-state index contributed by atoms with van der Waals surface area (Å²) in [5.74, 6) is 1.14. The number of sulfonamides is 1. The molecule has 0 spiro atoms. The summed E-state index contributed by atoms with van der Waals surface area (Å²) in [5.41, 5.74) is 1.87. The lowest BCUT2D eigenvalue weighted by Crippen LogP contribution is -2.43. The van der Waals surface area contributed by atoms with E-state index in [2.05, 4.69) is 14.9 Å². The van der Waals surface area contributed by atoms with Gasteiger partial charge in [-0.2, -0.15) is 0 Å². The van der Waals surface area contributed by atoms with Gasteiger partial charge in [0.25, 0.3) is 15.9 Å². The molecule has 10 heteroatoms. The molecule has 38 heavy (non-hydrogen) atoms. The Morgan fingerprint density at radius 3 is 2.18 bits per heavy atom. The molecule has 1 fully saturated rings. The van der Waals surface area contributed by atoms with Crippen LogP contribution in [-0.4, -0.2) is 65.8 Å². The summed E-state index contributed by atoms with van der Waals surface area (Å²) in [5, 5.41) is 3.03. The molecular formula is C28H33N3O6S. The van der Waals surface area contributed by atoms with Crippen molar-refractivity contribution in [1.82, 2.24) is 10.2 Å². The third-order valence-electron chi connectivity index (χ3n) is 6.29. The van der Waals surface area contributed by atoms with Gasteiger partial charge >= 0.3 is 0 Å². The van der Waals surface area contributed by atoms with Crippen molar-refractivity contribution in [2.24, 2.45) is 0 Å². The van der Waals surface area contributed by atoms with Crippen molar-refractivity contribution >= 4 is 21.6 Å². The average Bonchev–Trinajstić information content (AvgIpc) is 2.94. The van der Waals surface area contributed by atoms with Crippen LogP contribution in [0.2, 0.25) is 0 Å². The fraction of sp³-hybridized carbons (Fsp3) is 0.321. The highest BCUT2D eigenvalue weighted by Gasteiger charge is 2.23. The van der Waals surface area contributed by atoms with E-state index in [-0.39, 0.29) is 16.8 Å². The van der Waals surface area contributed by atoms with Gasteiger partial charge in [-0.15, -0.1) is 0 Å². The Bertz CT molecular complexity index is 1290. The number of carbonyl (C=O) groups excluding carboxylic acids is 1. The molecule has 0 aromatic heterocycles. The highest BCUT2D eigenvalue weighted by Crippen LogP contribution is 2.24. The van der Waals surface area contributed by atoms with Crippen molar-refractivity contribution < 1.29 is 27.4 Å². The maximum atomic E-state index is 12.9. The Morgan fingerprint density at radius 2 is 1.58 bits per heavy atom. The lowest BCUT2D eigenvalue weighted by atomic mass is 10.0. The predicted octanol–water partition coefficient (Wildman–Crippen LogP) is 3.70. The normalized spacial score (nSPS) is 14.9. The molecule has 3 aromatic carbocycles. The molecule has 1 saturated heterocycles. The number of amides is 1. The van der Waals surface area contributed by atoms with E-state index in [0.717, 1.165) is 24.4 Å². The van der Waals surface area contributed by atoms with Crippen molar-refractivity contribution in [3.63, 3.8) is 0 Å². The fourth-order valence-electron chi connectivity index (χ4n) is 4.25. The Morgan fingerprint density at radius 1 is 0.947 bits per heavy atom. The maximum absolute atomic E-state index is 12.9. The Labute approximate surface area is 223 Å². The van der Waals surface area contributed by atoms with Gasteiger partial charge in [-0.25, -0.2) is 8.42 Å². The first-order chi connectivity index (χ1) is 18.4. The van der Waals surface area contributed by atoms with Gasteiger partial charge < -0.3 is 19.5 Å². The number of carbonyl (C=O) groups is 1. The lowest BCUT2D eigenvalue weighted by molar-refractivity contribution is 0.0162. The van der Waals surface area contributed by atoms with Crippen LogP contribution in [-0.2, 0) is 14.8 Å². The van der Waals surface area contributed by atoms with Gasteiger partial charge in [0.1, 0.15) is 11.5 Å². The van der Waals surface area contributed by atoms with Crippen LogP contribution in [0.25, 0.3) is 0 Å². The zero-order valence-electron chi connectivity index (χ0n) is 21.6. The van der Waals surface area contributed by atoms with E-state index < -0.39 is 10.0 Å². The van der Waals surface area contributed by atoms with E-state index in [1.807, 2.05) is 31.2 Å². The highest BCUT2D eigenvalue weighted by molar-refractivity contribution is 7.92. The summed E-state index contributed by atoms with van der Waals surface area (Å²) in [6.45, 7) is 5.62. The molecule has 0 bridgehead atoms. The molecular weight excluding hydrogens is 506 g/mol. The predicted molar refractivity (Wildman–Crippen MR) is 145 cm³/mol. The number of nitrogens with zero attached hydrogens (tertiary/aromatic N) is 1. The third-order valence-corrected chi connectivity index (χ3v) is 7.68. The van der Waals surface area contributed by atoms with Crippen LogP contribution in [0.1, 0.15) is 28.9 Å². The molecule has 0 radical (unpaired) electrons.